The molecule has 0 saturated heterocycles. The first kappa shape index (κ1) is 18.6. The van der Waals surface area contributed by atoms with Crippen LogP contribution in [0.1, 0.15) is 52.5 Å². The van der Waals surface area contributed by atoms with Gasteiger partial charge >= 0.3 is 0 Å². The Hall–Kier alpha value is -0.430. The lowest BCUT2D eigenvalue weighted by Crippen LogP contribution is -2.24. The van der Waals surface area contributed by atoms with Crippen molar-refractivity contribution in [3.05, 3.63) is 17.0 Å². The number of unbranched alkanes of at least 4 members (excludes halogenated alkanes) is 1. The number of hydrogen-bond donors (Lipinski definition) is 2. The van der Waals surface area contributed by atoms with Gasteiger partial charge in [0.2, 0.25) is 10.0 Å². The average Bonchev–Trinajstić information content (AvgIpc) is 2.85. The topological polar surface area (TPSA) is 58.2 Å². The lowest BCUT2D eigenvalue weighted by molar-refractivity contribution is 0.531. The summed E-state index contributed by atoms with van der Waals surface area (Å²) in [6.07, 6.45) is 3.10. The smallest absolute Gasteiger partial charge is 0.250 e. The molecule has 122 valence electrons. The van der Waals surface area contributed by atoms with Crippen molar-refractivity contribution >= 4 is 21.4 Å². The van der Waals surface area contributed by atoms with Crippen molar-refractivity contribution in [3.8, 4) is 0 Å². The molecule has 0 bridgehead atoms. The maximum atomic E-state index is 12.2. The average molecular weight is 333 g/mol. The number of sulfonamides is 1. The standard InChI is InChI=1S/C15H28N2O2S2/c1-12(2)7-5-6-8-17-21(18,19)15-9-14(11-20-15)10-16-13(3)4/h9,11-13,16-17H,5-8,10H2,1-4H3. The van der Waals surface area contributed by atoms with E-state index in [4.69, 9.17) is 0 Å². The van der Waals surface area contributed by atoms with Gasteiger partial charge in [0.15, 0.2) is 0 Å². The lowest BCUT2D eigenvalue weighted by Gasteiger charge is -2.06. The van der Waals surface area contributed by atoms with Crippen molar-refractivity contribution in [2.45, 2.75) is 63.8 Å². The van der Waals surface area contributed by atoms with E-state index in [0.29, 0.717) is 29.3 Å². The van der Waals surface area contributed by atoms with E-state index in [1.807, 2.05) is 5.38 Å². The number of rotatable bonds is 10. The first-order valence-electron chi connectivity index (χ1n) is 7.61. The zero-order valence-electron chi connectivity index (χ0n) is 13.5. The Balaban J connectivity index is 2.43. The highest BCUT2D eigenvalue weighted by Crippen LogP contribution is 2.20. The summed E-state index contributed by atoms with van der Waals surface area (Å²) >= 11 is 1.29. The van der Waals surface area contributed by atoms with E-state index in [-0.39, 0.29) is 0 Å². The summed E-state index contributed by atoms with van der Waals surface area (Å²) in [5.41, 5.74) is 1.02. The minimum absolute atomic E-state index is 0.393. The molecule has 6 heteroatoms. The van der Waals surface area contributed by atoms with Gasteiger partial charge in [-0.15, -0.1) is 11.3 Å². The van der Waals surface area contributed by atoms with E-state index in [1.165, 1.54) is 11.3 Å². The van der Waals surface area contributed by atoms with Crippen molar-refractivity contribution in [2.24, 2.45) is 5.92 Å². The highest BCUT2D eigenvalue weighted by Gasteiger charge is 2.16. The Morgan fingerprint density at radius 3 is 2.52 bits per heavy atom. The summed E-state index contributed by atoms with van der Waals surface area (Å²) in [6, 6.07) is 2.15. The van der Waals surface area contributed by atoms with E-state index in [1.54, 1.807) is 6.07 Å². The van der Waals surface area contributed by atoms with E-state index in [9.17, 15) is 8.42 Å². The summed E-state index contributed by atoms with van der Waals surface area (Å²) in [6.45, 7) is 9.74. The third-order valence-corrected chi connectivity index (χ3v) is 6.06. The van der Waals surface area contributed by atoms with Crippen LogP contribution in [-0.4, -0.2) is 21.0 Å². The van der Waals surface area contributed by atoms with E-state index >= 15 is 0 Å². The van der Waals surface area contributed by atoms with Crippen molar-refractivity contribution in [1.29, 1.82) is 0 Å². The monoisotopic (exact) mass is 332 g/mol. The third kappa shape index (κ3) is 7.40. The quantitative estimate of drug-likeness (QED) is 0.646. The molecule has 0 fully saturated rings. The Kier molecular flexibility index (Phi) is 7.87. The van der Waals surface area contributed by atoms with Gasteiger partial charge in [-0.25, -0.2) is 13.1 Å². The van der Waals surface area contributed by atoms with Crippen molar-refractivity contribution in [1.82, 2.24) is 10.0 Å². The van der Waals surface area contributed by atoms with E-state index in [2.05, 4.69) is 37.7 Å². The molecule has 0 aliphatic carbocycles. The van der Waals surface area contributed by atoms with Gasteiger partial charge in [-0.2, -0.15) is 0 Å². The van der Waals surface area contributed by atoms with Crippen LogP contribution >= 0.6 is 11.3 Å². The van der Waals surface area contributed by atoms with Gasteiger partial charge in [-0.05, 0) is 29.3 Å². The molecular formula is C15H28N2O2S2. The minimum atomic E-state index is -3.34. The molecule has 21 heavy (non-hydrogen) atoms. The Morgan fingerprint density at radius 2 is 1.90 bits per heavy atom. The number of hydrogen-bond acceptors (Lipinski definition) is 4. The third-order valence-electron chi connectivity index (χ3n) is 3.11. The van der Waals surface area contributed by atoms with Crippen LogP contribution in [-0.2, 0) is 16.6 Å². The van der Waals surface area contributed by atoms with E-state index in [0.717, 1.165) is 24.8 Å². The molecule has 0 aliphatic rings. The predicted octanol–water partition coefficient (Wildman–Crippen LogP) is 3.35. The molecule has 1 heterocycles. The highest BCUT2D eigenvalue weighted by atomic mass is 32.2. The maximum absolute atomic E-state index is 12.2. The molecule has 4 nitrogen and oxygen atoms in total. The second-order valence-electron chi connectivity index (χ2n) is 6.10. The molecule has 1 aromatic rings. The Labute approximate surface area is 133 Å². The van der Waals surface area contributed by atoms with E-state index < -0.39 is 10.0 Å². The molecule has 1 aromatic heterocycles. The molecule has 0 unspecified atom stereocenters. The van der Waals surface area contributed by atoms with Gasteiger partial charge in [-0.1, -0.05) is 40.5 Å². The molecule has 2 N–H and O–H groups in total. The zero-order valence-corrected chi connectivity index (χ0v) is 15.1. The second-order valence-corrected chi connectivity index (χ2v) is 9.00. The molecule has 0 saturated carbocycles. The van der Waals surface area contributed by atoms with Crippen LogP contribution in [0.3, 0.4) is 0 Å². The number of nitrogens with one attached hydrogen (secondary N) is 2. The Bertz CT molecular complexity index is 507. The fourth-order valence-corrected chi connectivity index (χ4v) is 4.19. The first-order valence-corrected chi connectivity index (χ1v) is 9.98. The molecular weight excluding hydrogens is 304 g/mol. The largest absolute Gasteiger partial charge is 0.310 e. The molecule has 1 rings (SSSR count). The summed E-state index contributed by atoms with van der Waals surface area (Å²) in [5, 5.41) is 5.19. The van der Waals surface area contributed by atoms with Crippen LogP contribution in [0.4, 0.5) is 0 Å². The van der Waals surface area contributed by atoms with Crippen LogP contribution in [0, 0.1) is 5.92 Å². The van der Waals surface area contributed by atoms with Crippen LogP contribution in [0.25, 0.3) is 0 Å². The summed E-state index contributed by atoms with van der Waals surface area (Å²) in [4.78, 5) is 0. The molecule has 0 aromatic carbocycles. The minimum Gasteiger partial charge on any atom is -0.310 e. The lowest BCUT2D eigenvalue weighted by atomic mass is 10.1. The summed E-state index contributed by atoms with van der Waals surface area (Å²) in [7, 11) is -3.34. The molecule has 0 radical (unpaired) electrons. The van der Waals surface area contributed by atoms with Gasteiger partial charge in [-0.3, -0.25) is 0 Å². The maximum Gasteiger partial charge on any atom is 0.250 e. The zero-order chi connectivity index (χ0) is 15.9. The fourth-order valence-electron chi connectivity index (χ4n) is 1.86. The van der Waals surface area contributed by atoms with Crippen LogP contribution in [0.15, 0.2) is 15.7 Å². The van der Waals surface area contributed by atoms with Crippen LogP contribution in [0.5, 0.6) is 0 Å². The van der Waals surface area contributed by atoms with Gasteiger partial charge in [0, 0.05) is 19.1 Å². The molecule has 0 atom stereocenters. The molecule has 0 spiro atoms. The SMILES string of the molecule is CC(C)CCCCNS(=O)(=O)c1cc(CNC(C)C)cs1. The van der Waals surface area contributed by atoms with Gasteiger partial charge in [0.1, 0.15) is 4.21 Å². The molecule has 0 amide bonds. The van der Waals surface area contributed by atoms with Crippen LogP contribution in [0.2, 0.25) is 0 Å². The molecule has 0 aliphatic heterocycles. The highest BCUT2D eigenvalue weighted by molar-refractivity contribution is 7.91. The summed E-state index contributed by atoms with van der Waals surface area (Å²) in [5.74, 6) is 0.676. The van der Waals surface area contributed by atoms with Crippen molar-refractivity contribution in [2.75, 3.05) is 6.54 Å². The van der Waals surface area contributed by atoms with Gasteiger partial charge in [0.05, 0.1) is 0 Å². The van der Waals surface area contributed by atoms with Crippen molar-refractivity contribution < 1.29 is 8.42 Å². The van der Waals surface area contributed by atoms with Crippen LogP contribution < -0.4 is 10.0 Å². The van der Waals surface area contributed by atoms with Gasteiger partial charge in [0.25, 0.3) is 0 Å². The summed E-state index contributed by atoms with van der Waals surface area (Å²) < 4.78 is 27.4. The first-order chi connectivity index (χ1) is 9.81. The second kappa shape index (κ2) is 8.88. The van der Waals surface area contributed by atoms with Crippen molar-refractivity contribution in [3.63, 3.8) is 0 Å². The van der Waals surface area contributed by atoms with Gasteiger partial charge < -0.3 is 5.32 Å². The Morgan fingerprint density at radius 1 is 1.19 bits per heavy atom. The number of thiophene rings is 1. The normalized spacial score (nSPS) is 12.5. The predicted molar refractivity (Wildman–Crippen MR) is 90.2 cm³/mol. The fraction of sp³-hybridized carbons (Fsp3) is 0.733.